The van der Waals surface area contributed by atoms with E-state index < -0.39 is 0 Å². The third kappa shape index (κ3) is 4.20. The quantitative estimate of drug-likeness (QED) is 0.748. The van der Waals surface area contributed by atoms with Gasteiger partial charge in [-0.1, -0.05) is 42.0 Å². The van der Waals surface area contributed by atoms with Crippen molar-refractivity contribution >= 4 is 22.4 Å². The average Bonchev–Trinajstić information content (AvgIpc) is 3.02. The maximum atomic E-state index is 12.0. The number of hydrogen-bond donors (Lipinski definition) is 1. The first-order valence-corrected chi connectivity index (χ1v) is 8.50. The van der Waals surface area contributed by atoms with Crippen LogP contribution in [0.25, 0.3) is 11.3 Å². The molecule has 0 spiro atoms. The molecule has 1 amide bonds. The highest BCUT2D eigenvalue weighted by Crippen LogP contribution is 2.25. The van der Waals surface area contributed by atoms with E-state index in [-0.39, 0.29) is 12.5 Å². The zero-order valence-electron chi connectivity index (χ0n) is 13.6. The third-order valence-electron chi connectivity index (χ3n) is 3.46. The Hall–Kier alpha value is -2.66. The smallest absolute Gasteiger partial charge is 0.264 e. The van der Waals surface area contributed by atoms with Gasteiger partial charge in [-0.25, -0.2) is 4.98 Å². The van der Waals surface area contributed by atoms with Gasteiger partial charge in [0, 0.05) is 10.9 Å². The summed E-state index contributed by atoms with van der Waals surface area (Å²) in [4.78, 5) is 16.4. The molecule has 3 aromatic rings. The summed E-state index contributed by atoms with van der Waals surface area (Å²) in [5.74, 6) is 0.464. The van der Waals surface area contributed by atoms with Crippen LogP contribution < -0.4 is 10.1 Å². The van der Waals surface area contributed by atoms with E-state index in [0.29, 0.717) is 10.9 Å². The molecule has 4 nitrogen and oxygen atoms in total. The molecule has 0 saturated carbocycles. The van der Waals surface area contributed by atoms with Crippen LogP contribution >= 0.6 is 11.3 Å². The molecule has 1 aromatic heterocycles. The monoisotopic (exact) mass is 338 g/mol. The van der Waals surface area contributed by atoms with E-state index in [1.807, 2.05) is 67.8 Å². The minimum absolute atomic E-state index is 0.0388. The Kier molecular flexibility index (Phi) is 4.91. The summed E-state index contributed by atoms with van der Waals surface area (Å²) in [7, 11) is 0. The van der Waals surface area contributed by atoms with Crippen molar-refractivity contribution in [1.82, 2.24) is 4.98 Å². The standard InChI is InChI=1S/C19H18N2O2S/c1-13-6-8-15(9-7-13)17-12-24-19(20-17)21-18(22)11-23-16-5-3-4-14(2)10-16/h3-10,12H,11H2,1-2H3,(H,20,21,22). The predicted molar refractivity (Wildman–Crippen MR) is 97.6 cm³/mol. The molecular weight excluding hydrogens is 320 g/mol. The maximum Gasteiger partial charge on any atom is 0.264 e. The third-order valence-corrected chi connectivity index (χ3v) is 4.22. The number of ether oxygens (including phenoxy) is 1. The molecule has 1 N–H and O–H groups in total. The van der Waals surface area contributed by atoms with Crippen LogP contribution in [0.2, 0.25) is 0 Å². The SMILES string of the molecule is Cc1ccc(-c2csc(NC(=O)COc3cccc(C)c3)n2)cc1. The van der Waals surface area contributed by atoms with Crippen LogP contribution in [0, 0.1) is 13.8 Å². The van der Waals surface area contributed by atoms with Crippen molar-refractivity contribution < 1.29 is 9.53 Å². The van der Waals surface area contributed by atoms with Gasteiger partial charge in [-0.15, -0.1) is 11.3 Å². The lowest BCUT2D eigenvalue weighted by molar-refractivity contribution is -0.118. The summed E-state index contributed by atoms with van der Waals surface area (Å²) in [5, 5.41) is 5.28. The van der Waals surface area contributed by atoms with Crippen molar-refractivity contribution in [3.63, 3.8) is 0 Å². The van der Waals surface area contributed by atoms with E-state index >= 15 is 0 Å². The molecule has 5 heteroatoms. The zero-order chi connectivity index (χ0) is 16.9. The number of anilines is 1. The van der Waals surface area contributed by atoms with Gasteiger partial charge in [0.2, 0.25) is 0 Å². The number of thiazole rings is 1. The second-order valence-electron chi connectivity index (χ2n) is 5.56. The van der Waals surface area contributed by atoms with Crippen molar-refractivity contribution in [2.45, 2.75) is 13.8 Å². The highest BCUT2D eigenvalue weighted by atomic mass is 32.1. The summed E-state index contributed by atoms with van der Waals surface area (Å²) in [6, 6.07) is 15.7. The van der Waals surface area contributed by atoms with E-state index in [1.165, 1.54) is 16.9 Å². The highest BCUT2D eigenvalue weighted by molar-refractivity contribution is 7.14. The van der Waals surface area contributed by atoms with Gasteiger partial charge in [0.05, 0.1) is 5.69 Å². The minimum atomic E-state index is -0.221. The molecule has 0 radical (unpaired) electrons. The first kappa shape index (κ1) is 16.2. The van der Waals surface area contributed by atoms with Gasteiger partial charge in [0.15, 0.2) is 11.7 Å². The average molecular weight is 338 g/mol. The van der Waals surface area contributed by atoms with Gasteiger partial charge >= 0.3 is 0 Å². The van der Waals surface area contributed by atoms with Gasteiger partial charge in [0.25, 0.3) is 5.91 Å². The van der Waals surface area contributed by atoms with Crippen LogP contribution in [0.1, 0.15) is 11.1 Å². The van der Waals surface area contributed by atoms with Crippen molar-refractivity contribution in [3.8, 4) is 17.0 Å². The number of rotatable bonds is 5. The molecule has 0 aliphatic heterocycles. The molecule has 0 fully saturated rings. The van der Waals surface area contributed by atoms with Gasteiger partial charge in [-0.3, -0.25) is 10.1 Å². The molecule has 122 valence electrons. The second-order valence-corrected chi connectivity index (χ2v) is 6.42. The summed E-state index contributed by atoms with van der Waals surface area (Å²) in [5.41, 5.74) is 4.19. The number of amides is 1. The molecule has 0 aliphatic carbocycles. The van der Waals surface area contributed by atoms with Gasteiger partial charge < -0.3 is 4.74 Å². The Morgan fingerprint density at radius 2 is 1.92 bits per heavy atom. The Balaban J connectivity index is 1.58. The second kappa shape index (κ2) is 7.27. The fraction of sp³-hybridized carbons (Fsp3) is 0.158. The van der Waals surface area contributed by atoms with Crippen molar-refractivity contribution in [2.24, 2.45) is 0 Å². The van der Waals surface area contributed by atoms with Crippen LogP contribution in [0.4, 0.5) is 5.13 Å². The summed E-state index contributed by atoms with van der Waals surface area (Å²) in [6.07, 6.45) is 0. The van der Waals surface area contributed by atoms with Crippen LogP contribution in [-0.4, -0.2) is 17.5 Å². The normalized spacial score (nSPS) is 10.4. The Morgan fingerprint density at radius 1 is 1.12 bits per heavy atom. The van der Waals surface area contributed by atoms with E-state index in [0.717, 1.165) is 16.8 Å². The summed E-state index contributed by atoms with van der Waals surface area (Å²) in [6.45, 7) is 3.99. The van der Waals surface area contributed by atoms with Crippen LogP contribution in [0.5, 0.6) is 5.75 Å². The minimum Gasteiger partial charge on any atom is -0.484 e. The van der Waals surface area contributed by atoms with E-state index in [9.17, 15) is 4.79 Å². The Labute approximate surface area is 145 Å². The van der Waals surface area contributed by atoms with Crippen LogP contribution in [0.15, 0.2) is 53.9 Å². The lowest BCUT2D eigenvalue weighted by Crippen LogP contribution is -2.20. The number of carbonyl (C=O) groups excluding carboxylic acids is 1. The molecule has 2 aromatic carbocycles. The molecule has 0 atom stereocenters. The number of nitrogens with zero attached hydrogens (tertiary/aromatic N) is 1. The van der Waals surface area contributed by atoms with Gasteiger partial charge in [0.1, 0.15) is 5.75 Å². The molecule has 1 heterocycles. The fourth-order valence-corrected chi connectivity index (χ4v) is 2.93. The number of benzene rings is 2. The Bertz CT molecular complexity index is 841. The summed E-state index contributed by atoms with van der Waals surface area (Å²) >= 11 is 1.40. The zero-order valence-corrected chi connectivity index (χ0v) is 14.4. The largest absolute Gasteiger partial charge is 0.484 e. The van der Waals surface area contributed by atoms with E-state index in [1.54, 1.807) is 0 Å². The lowest BCUT2D eigenvalue weighted by Gasteiger charge is -2.06. The molecular formula is C19H18N2O2S. The van der Waals surface area contributed by atoms with E-state index in [2.05, 4.69) is 10.3 Å². The number of aromatic nitrogens is 1. The van der Waals surface area contributed by atoms with Crippen LogP contribution in [0.3, 0.4) is 0 Å². The van der Waals surface area contributed by atoms with Crippen molar-refractivity contribution in [2.75, 3.05) is 11.9 Å². The van der Waals surface area contributed by atoms with Gasteiger partial charge in [-0.05, 0) is 31.5 Å². The van der Waals surface area contributed by atoms with Crippen LogP contribution in [-0.2, 0) is 4.79 Å². The van der Waals surface area contributed by atoms with E-state index in [4.69, 9.17) is 4.74 Å². The first-order chi connectivity index (χ1) is 11.6. The Morgan fingerprint density at radius 3 is 2.67 bits per heavy atom. The number of hydrogen-bond acceptors (Lipinski definition) is 4. The number of carbonyl (C=O) groups is 1. The highest BCUT2D eigenvalue weighted by Gasteiger charge is 2.09. The number of nitrogens with one attached hydrogen (secondary N) is 1. The maximum absolute atomic E-state index is 12.0. The molecule has 0 unspecified atom stereocenters. The van der Waals surface area contributed by atoms with Gasteiger partial charge in [-0.2, -0.15) is 0 Å². The summed E-state index contributed by atoms with van der Waals surface area (Å²) < 4.78 is 5.49. The fourth-order valence-electron chi connectivity index (χ4n) is 2.20. The lowest BCUT2D eigenvalue weighted by atomic mass is 10.1. The van der Waals surface area contributed by atoms with Crippen molar-refractivity contribution in [1.29, 1.82) is 0 Å². The molecule has 0 saturated heterocycles. The predicted octanol–water partition coefficient (Wildman–Crippen LogP) is 4.44. The molecule has 3 rings (SSSR count). The topological polar surface area (TPSA) is 51.2 Å². The van der Waals surface area contributed by atoms with Crippen molar-refractivity contribution in [3.05, 3.63) is 65.0 Å². The molecule has 0 aliphatic rings. The first-order valence-electron chi connectivity index (χ1n) is 7.62. The molecule has 0 bridgehead atoms. The number of aryl methyl sites for hydroxylation is 2. The molecule has 24 heavy (non-hydrogen) atoms.